The zero-order valence-corrected chi connectivity index (χ0v) is 20.1. The number of rotatable bonds is 12. The van der Waals surface area contributed by atoms with Crippen LogP contribution in [0.3, 0.4) is 0 Å². The van der Waals surface area contributed by atoms with Crippen molar-refractivity contribution in [3.63, 3.8) is 0 Å². The maximum absolute atomic E-state index is 12.0. The number of carboxylic acid groups (broad SMARTS) is 2. The molecule has 0 saturated carbocycles. The van der Waals surface area contributed by atoms with E-state index in [4.69, 9.17) is 8.83 Å². The minimum absolute atomic E-state index is 0.241. The molecule has 2 aromatic heterocycles. The number of carboxylic acids is 2. The second-order valence-corrected chi connectivity index (χ2v) is 9.74. The van der Waals surface area contributed by atoms with Gasteiger partial charge in [-0.3, -0.25) is 19.2 Å². The highest BCUT2D eigenvalue weighted by atomic mass is 16.4. The second-order valence-electron chi connectivity index (χ2n) is 9.74. The van der Waals surface area contributed by atoms with Gasteiger partial charge in [-0.15, -0.1) is 0 Å². The van der Waals surface area contributed by atoms with Crippen LogP contribution in [0.1, 0.15) is 76.4 Å². The SMILES string of the molecule is CC(C)(CCCc1cc(=O)cc(/C=C\c2cc(=O)cc(CCCC(C)(C)C(=O)O)o2)o1)C(=O)O. The number of carbonyl (C=O) groups is 2. The van der Waals surface area contributed by atoms with Gasteiger partial charge >= 0.3 is 11.9 Å². The fourth-order valence-corrected chi connectivity index (χ4v) is 3.30. The van der Waals surface area contributed by atoms with E-state index in [-0.39, 0.29) is 22.4 Å². The minimum atomic E-state index is -0.875. The Bertz CT molecular complexity index is 1070. The van der Waals surface area contributed by atoms with Crippen LogP contribution in [0.4, 0.5) is 0 Å². The number of aliphatic carboxylic acids is 2. The highest BCUT2D eigenvalue weighted by molar-refractivity contribution is 5.73. The van der Waals surface area contributed by atoms with Crippen LogP contribution >= 0.6 is 0 Å². The van der Waals surface area contributed by atoms with Gasteiger partial charge < -0.3 is 19.0 Å². The highest BCUT2D eigenvalue weighted by Gasteiger charge is 2.27. The van der Waals surface area contributed by atoms with E-state index in [1.807, 2.05) is 0 Å². The first kappa shape index (κ1) is 26.8. The van der Waals surface area contributed by atoms with Crippen LogP contribution in [-0.4, -0.2) is 22.2 Å². The molecule has 0 fully saturated rings. The van der Waals surface area contributed by atoms with Crippen LogP contribution in [0.25, 0.3) is 12.2 Å². The molecule has 0 amide bonds. The summed E-state index contributed by atoms with van der Waals surface area (Å²) in [4.78, 5) is 46.5. The minimum Gasteiger partial charge on any atom is -0.481 e. The summed E-state index contributed by atoms with van der Waals surface area (Å²) in [5.74, 6) is -0.276. The molecule has 0 saturated heterocycles. The molecule has 2 rings (SSSR count). The molecule has 2 heterocycles. The van der Waals surface area contributed by atoms with Crippen molar-refractivity contribution in [3.8, 4) is 0 Å². The van der Waals surface area contributed by atoms with Crippen molar-refractivity contribution in [2.24, 2.45) is 10.8 Å². The predicted octanol–water partition coefficient (Wildman–Crippen LogP) is 4.63. The van der Waals surface area contributed by atoms with E-state index in [1.54, 1.807) is 27.7 Å². The molecule has 0 aromatic carbocycles. The van der Waals surface area contributed by atoms with Gasteiger partial charge in [0.15, 0.2) is 10.9 Å². The monoisotopic (exact) mass is 472 g/mol. The zero-order chi connectivity index (χ0) is 25.5. The molecule has 0 spiro atoms. The molecule has 0 bridgehead atoms. The molecule has 2 aromatic rings. The van der Waals surface area contributed by atoms with Gasteiger partial charge in [-0.1, -0.05) is 0 Å². The summed E-state index contributed by atoms with van der Waals surface area (Å²) in [6, 6.07) is 5.39. The maximum Gasteiger partial charge on any atom is 0.309 e. The van der Waals surface area contributed by atoms with Crippen LogP contribution in [0, 0.1) is 10.8 Å². The summed E-state index contributed by atoms with van der Waals surface area (Å²) < 4.78 is 11.5. The Morgan fingerprint density at radius 3 is 1.41 bits per heavy atom. The lowest BCUT2D eigenvalue weighted by molar-refractivity contribution is -0.148. The molecule has 0 atom stereocenters. The van der Waals surface area contributed by atoms with Gasteiger partial charge in [0.2, 0.25) is 0 Å². The van der Waals surface area contributed by atoms with Gasteiger partial charge in [0.05, 0.1) is 10.8 Å². The van der Waals surface area contributed by atoms with Gasteiger partial charge in [0.1, 0.15) is 23.0 Å². The number of hydrogen-bond donors (Lipinski definition) is 2. The van der Waals surface area contributed by atoms with Crippen LogP contribution in [-0.2, 0) is 22.4 Å². The Morgan fingerprint density at radius 1 is 0.735 bits per heavy atom. The fraction of sp³-hybridized carbons (Fsp3) is 0.462. The van der Waals surface area contributed by atoms with Gasteiger partial charge in [-0.2, -0.15) is 0 Å². The molecular weight excluding hydrogens is 440 g/mol. The van der Waals surface area contributed by atoms with Crippen molar-refractivity contribution in [1.82, 2.24) is 0 Å². The van der Waals surface area contributed by atoms with Crippen molar-refractivity contribution in [2.75, 3.05) is 0 Å². The molecule has 184 valence electrons. The summed E-state index contributed by atoms with van der Waals surface area (Å²) in [6.07, 6.45) is 5.87. The fourth-order valence-electron chi connectivity index (χ4n) is 3.30. The lowest BCUT2D eigenvalue weighted by Crippen LogP contribution is -2.23. The van der Waals surface area contributed by atoms with Gasteiger partial charge in [-0.25, -0.2) is 0 Å². The quantitative estimate of drug-likeness (QED) is 0.456. The Hall–Kier alpha value is -3.42. The van der Waals surface area contributed by atoms with Crippen molar-refractivity contribution < 1.29 is 28.6 Å². The lowest BCUT2D eigenvalue weighted by Gasteiger charge is -2.18. The van der Waals surface area contributed by atoms with Crippen LogP contribution in [0.2, 0.25) is 0 Å². The van der Waals surface area contributed by atoms with Crippen LogP contribution < -0.4 is 10.9 Å². The molecule has 0 radical (unpaired) electrons. The van der Waals surface area contributed by atoms with Crippen LogP contribution in [0.15, 0.2) is 42.7 Å². The molecule has 8 nitrogen and oxygen atoms in total. The topological polar surface area (TPSA) is 135 Å². The summed E-state index contributed by atoms with van der Waals surface area (Å²) >= 11 is 0. The first-order valence-electron chi connectivity index (χ1n) is 11.2. The van der Waals surface area contributed by atoms with Gasteiger partial charge in [0.25, 0.3) is 0 Å². The first-order valence-corrected chi connectivity index (χ1v) is 11.2. The van der Waals surface area contributed by atoms with Crippen molar-refractivity contribution >= 4 is 24.1 Å². The normalized spacial score (nSPS) is 12.2. The molecule has 0 aliphatic rings. The average molecular weight is 473 g/mol. The van der Waals surface area contributed by atoms with Crippen molar-refractivity contribution in [2.45, 2.75) is 66.2 Å². The van der Waals surface area contributed by atoms with Crippen molar-refractivity contribution in [1.29, 1.82) is 0 Å². The predicted molar refractivity (Wildman–Crippen MR) is 128 cm³/mol. The largest absolute Gasteiger partial charge is 0.481 e. The van der Waals surface area contributed by atoms with Crippen molar-refractivity contribution in [3.05, 3.63) is 67.8 Å². The average Bonchev–Trinajstić information content (AvgIpc) is 2.71. The van der Waals surface area contributed by atoms with E-state index in [0.29, 0.717) is 50.0 Å². The Labute approximate surface area is 197 Å². The number of hydrogen-bond acceptors (Lipinski definition) is 6. The van der Waals surface area contributed by atoms with E-state index in [9.17, 15) is 29.4 Å². The Kier molecular flexibility index (Phi) is 8.79. The lowest BCUT2D eigenvalue weighted by atomic mass is 9.87. The zero-order valence-electron chi connectivity index (χ0n) is 20.1. The summed E-state index contributed by atoms with van der Waals surface area (Å²) in [7, 11) is 0. The Morgan fingerprint density at radius 2 is 1.09 bits per heavy atom. The molecule has 0 aliphatic carbocycles. The van der Waals surface area contributed by atoms with Crippen LogP contribution in [0.5, 0.6) is 0 Å². The molecular formula is C26H32O8. The summed E-state index contributed by atoms with van der Waals surface area (Å²) in [5.41, 5.74) is -2.20. The van der Waals surface area contributed by atoms with Gasteiger partial charge in [0, 0.05) is 37.1 Å². The van der Waals surface area contributed by atoms with E-state index < -0.39 is 22.8 Å². The standard InChI is InChI=1S/C26H32O8/c1-25(2,23(29)30)11-5-7-19-13-17(27)15-21(33-19)9-10-22-16-18(28)14-20(34-22)8-6-12-26(3,4)24(31)32/h9-10,13-16H,5-8,11-12H2,1-4H3,(H,29,30)(H,31,32)/b10-9-. The van der Waals surface area contributed by atoms with Gasteiger partial charge in [-0.05, 0) is 65.5 Å². The second kappa shape index (κ2) is 11.1. The highest BCUT2D eigenvalue weighted by Crippen LogP contribution is 2.25. The molecule has 8 heteroatoms. The van der Waals surface area contributed by atoms with E-state index in [1.165, 1.54) is 36.4 Å². The third-order valence-corrected chi connectivity index (χ3v) is 5.69. The maximum atomic E-state index is 12.0. The molecule has 34 heavy (non-hydrogen) atoms. The molecule has 2 N–H and O–H groups in total. The van der Waals surface area contributed by atoms with E-state index in [0.717, 1.165) is 0 Å². The summed E-state index contributed by atoms with van der Waals surface area (Å²) in [5, 5.41) is 18.4. The molecule has 0 unspecified atom stereocenters. The smallest absolute Gasteiger partial charge is 0.309 e. The first-order chi connectivity index (χ1) is 15.8. The number of aryl methyl sites for hydroxylation is 2. The van der Waals surface area contributed by atoms with E-state index in [2.05, 4.69) is 0 Å². The molecule has 0 aliphatic heterocycles. The Balaban J connectivity index is 2.08. The third kappa shape index (κ3) is 8.17. The summed E-state index contributed by atoms with van der Waals surface area (Å²) in [6.45, 7) is 6.61. The third-order valence-electron chi connectivity index (χ3n) is 5.69. The van der Waals surface area contributed by atoms with E-state index >= 15 is 0 Å².